The van der Waals surface area contributed by atoms with E-state index >= 15 is 0 Å². The summed E-state index contributed by atoms with van der Waals surface area (Å²) in [5.74, 6) is 0.145. The van der Waals surface area contributed by atoms with Crippen molar-refractivity contribution in [2.75, 3.05) is 11.1 Å². The van der Waals surface area contributed by atoms with E-state index in [4.69, 9.17) is 0 Å². The highest BCUT2D eigenvalue weighted by atomic mass is 32.2. The van der Waals surface area contributed by atoms with Crippen LogP contribution in [0.25, 0.3) is 0 Å². The van der Waals surface area contributed by atoms with Crippen molar-refractivity contribution in [2.24, 2.45) is 0 Å². The summed E-state index contributed by atoms with van der Waals surface area (Å²) >= 11 is 1.26. The quantitative estimate of drug-likeness (QED) is 0.474. The Labute approximate surface area is 161 Å². The van der Waals surface area contributed by atoms with Crippen molar-refractivity contribution in [3.8, 4) is 0 Å². The van der Waals surface area contributed by atoms with Crippen LogP contribution in [0.5, 0.6) is 0 Å². The Morgan fingerprint density at radius 1 is 1.15 bits per heavy atom. The van der Waals surface area contributed by atoms with Gasteiger partial charge < -0.3 is 9.88 Å². The number of benzene rings is 2. The summed E-state index contributed by atoms with van der Waals surface area (Å²) < 4.78 is 15.6. The fourth-order valence-electron chi connectivity index (χ4n) is 2.53. The second kappa shape index (κ2) is 9.14. The summed E-state index contributed by atoms with van der Waals surface area (Å²) in [5, 5.41) is 11.7. The van der Waals surface area contributed by atoms with E-state index in [9.17, 15) is 9.18 Å². The van der Waals surface area contributed by atoms with E-state index in [0.717, 1.165) is 11.4 Å². The molecule has 0 aliphatic rings. The molecule has 0 saturated heterocycles. The molecule has 1 heterocycles. The third-order valence-corrected chi connectivity index (χ3v) is 4.76. The van der Waals surface area contributed by atoms with Crippen LogP contribution in [0.15, 0.2) is 72.4 Å². The number of amides is 1. The molecule has 1 amide bonds. The molecule has 0 saturated carbocycles. The first kappa shape index (κ1) is 18.8. The minimum Gasteiger partial charge on any atom is -0.323 e. The molecule has 0 fully saturated rings. The molecule has 0 atom stereocenters. The number of allylic oxidation sites excluding steroid dienone is 1. The van der Waals surface area contributed by atoms with Crippen LogP contribution in [0.2, 0.25) is 0 Å². The fourth-order valence-corrected chi connectivity index (χ4v) is 3.29. The number of nitrogens with one attached hydrogen (secondary N) is 1. The second-order valence-electron chi connectivity index (χ2n) is 5.78. The molecule has 0 unspecified atom stereocenters. The second-order valence-corrected chi connectivity index (χ2v) is 6.72. The van der Waals surface area contributed by atoms with Crippen molar-refractivity contribution in [3.05, 3.63) is 84.5 Å². The number of nitrogens with zero attached hydrogens (tertiary/aromatic N) is 3. The van der Waals surface area contributed by atoms with E-state index < -0.39 is 5.82 Å². The number of aromatic nitrogens is 3. The van der Waals surface area contributed by atoms with Crippen molar-refractivity contribution in [3.63, 3.8) is 0 Å². The number of carbonyl (C=O) groups excluding carboxylic acids is 1. The van der Waals surface area contributed by atoms with Gasteiger partial charge in [0.05, 0.1) is 11.4 Å². The molecule has 5 nitrogen and oxygen atoms in total. The number of anilines is 1. The lowest BCUT2D eigenvalue weighted by Crippen LogP contribution is -2.15. The maximum Gasteiger partial charge on any atom is 0.234 e. The van der Waals surface area contributed by atoms with E-state index in [1.54, 1.807) is 18.2 Å². The summed E-state index contributed by atoms with van der Waals surface area (Å²) in [7, 11) is 0. The van der Waals surface area contributed by atoms with E-state index in [1.807, 2.05) is 34.9 Å². The van der Waals surface area contributed by atoms with Crippen molar-refractivity contribution < 1.29 is 9.18 Å². The summed E-state index contributed by atoms with van der Waals surface area (Å²) in [5.41, 5.74) is 1.30. The van der Waals surface area contributed by atoms with Gasteiger partial charge in [-0.05, 0) is 17.7 Å². The molecule has 0 aliphatic heterocycles. The normalized spacial score (nSPS) is 10.6. The number of carbonyl (C=O) groups is 1. The smallest absolute Gasteiger partial charge is 0.234 e. The molecule has 0 radical (unpaired) electrons. The predicted molar refractivity (Wildman–Crippen MR) is 105 cm³/mol. The monoisotopic (exact) mass is 382 g/mol. The third-order valence-electron chi connectivity index (χ3n) is 3.79. The Kier molecular flexibility index (Phi) is 6.38. The van der Waals surface area contributed by atoms with E-state index in [0.29, 0.717) is 18.1 Å². The van der Waals surface area contributed by atoms with Crippen LogP contribution < -0.4 is 5.32 Å². The summed E-state index contributed by atoms with van der Waals surface area (Å²) in [6, 6.07) is 16.1. The zero-order chi connectivity index (χ0) is 19.1. The first-order chi connectivity index (χ1) is 13.2. The molecule has 7 heteroatoms. The first-order valence-corrected chi connectivity index (χ1v) is 9.40. The van der Waals surface area contributed by atoms with Gasteiger partial charge in [-0.3, -0.25) is 4.79 Å². The highest BCUT2D eigenvalue weighted by Crippen LogP contribution is 2.20. The topological polar surface area (TPSA) is 59.8 Å². The average molecular weight is 382 g/mol. The van der Waals surface area contributed by atoms with Crippen molar-refractivity contribution in [1.82, 2.24) is 14.8 Å². The van der Waals surface area contributed by atoms with Crippen LogP contribution in [-0.4, -0.2) is 26.4 Å². The van der Waals surface area contributed by atoms with Crippen molar-refractivity contribution in [1.29, 1.82) is 0 Å². The van der Waals surface area contributed by atoms with Gasteiger partial charge in [0, 0.05) is 13.0 Å². The number of halogens is 1. The van der Waals surface area contributed by atoms with Crippen LogP contribution >= 0.6 is 11.8 Å². The highest BCUT2D eigenvalue weighted by Gasteiger charge is 2.14. The third kappa shape index (κ3) is 5.04. The number of hydrogen-bond acceptors (Lipinski definition) is 4. The van der Waals surface area contributed by atoms with Gasteiger partial charge >= 0.3 is 0 Å². The molecule has 1 aromatic heterocycles. The average Bonchev–Trinajstić information content (AvgIpc) is 3.05. The van der Waals surface area contributed by atoms with Gasteiger partial charge in [0.25, 0.3) is 0 Å². The molecule has 2 aromatic carbocycles. The predicted octanol–water partition coefficient (Wildman–Crippen LogP) is 3.92. The van der Waals surface area contributed by atoms with E-state index in [2.05, 4.69) is 22.1 Å². The van der Waals surface area contributed by atoms with Crippen LogP contribution in [0, 0.1) is 5.82 Å². The Hall–Kier alpha value is -2.93. The number of hydrogen-bond donors (Lipinski definition) is 1. The largest absolute Gasteiger partial charge is 0.323 e. The summed E-state index contributed by atoms with van der Waals surface area (Å²) in [6.45, 7) is 4.33. The fraction of sp³-hybridized carbons (Fsp3) is 0.150. The zero-order valence-corrected chi connectivity index (χ0v) is 15.5. The van der Waals surface area contributed by atoms with Gasteiger partial charge in [0.1, 0.15) is 11.6 Å². The van der Waals surface area contributed by atoms with Gasteiger partial charge in [0.15, 0.2) is 5.16 Å². The molecule has 0 bridgehead atoms. The summed E-state index contributed by atoms with van der Waals surface area (Å²) in [4.78, 5) is 12.1. The lowest BCUT2D eigenvalue weighted by Gasteiger charge is -2.08. The van der Waals surface area contributed by atoms with Crippen molar-refractivity contribution >= 4 is 23.4 Å². The van der Waals surface area contributed by atoms with E-state index in [-0.39, 0.29) is 17.3 Å². The number of thioether (sulfide) groups is 1. The Bertz CT molecular complexity index is 927. The van der Waals surface area contributed by atoms with Gasteiger partial charge in [0.2, 0.25) is 5.91 Å². The molecule has 3 aromatic rings. The molecule has 138 valence electrons. The Morgan fingerprint density at radius 3 is 2.63 bits per heavy atom. The van der Waals surface area contributed by atoms with Gasteiger partial charge in [-0.2, -0.15) is 0 Å². The van der Waals surface area contributed by atoms with Crippen molar-refractivity contribution in [2.45, 2.75) is 18.1 Å². The van der Waals surface area contributed by atoms with Crippen LogP contribution in [0.3, 0.4) is 0 Å². The number of para-hydroxylation sites is 1. The Balaban J connectivity index is 1.66. The number of rotatable bonds is 8. The van der Waals surface area contributed by atoms with Gasteiger partial charge in [-0.15, -0.1) is 16.8 Å². The highest BCUT2D eigenvalue weighted by molar-refractivity contribution is 7.99. The molecule has 0 aliphatic carbocycles. The minimum atomic E-state index is -0.462. The lowest BCUT2D eigenvalue weighted by molar-refractivity contribution is -0.113. The van der Waals surface area contributed by atoms with Crippen LogP contribution in [0.1, 0.15) is 11.4 Å². The van der Waals surface area contributed by atoms with E-state index in [1.165, 1.54) is 23.9 Å². The molecule has 0 spiro atoms. The standard InChI is InChI=1S/C20H19FN4OS/c1-2-12-25-18(13-15-8-4-3-5-9-15)23-24-20(25)27-14-19(26)22-17-11-7-6-10-16(17)21/h2-11H,1,12-14H2,(H,22,26). The maximum atomic E-state index is 13.6. The first-order valence-electron chi connectivity index (χ1n) is 8.41. The molecule has 1 N–H and O–H groups in total. The summed E-state index contributed by atoms with van der Waals surface area (Å²) in [6.07, 6.45) is 2.41. The van der Waals surface area contributed by atoms with Crippen LogP contribution in [0.4, 0.5) is 10.1 Å². The van der Waals surface area contributed by atoms with Gasteiger partial charge in [-0.25, -0.2) is 4.39 Å². The van der Waals surface area contributed by atoms with Gasteiger partial charge in [-0.1, -0.05) is 60.3 Å². The molecule has 27 heavy (non-hydrogen) atoms. The molecular formula is C20H19FN4OS. The molecule has 3 rings (SSSR count). The maximum absolute atomic E-state index is 13.6. The zero-order valence-electron chi connectivity index (χ0n) is 14.6. The van der Waals surface area contributed by atoms with Crippen LogP contribution in [-0.2, 0) is 17.8 Å². The SMILES string of the molecule is C=CCn1c(Cc2ccccc2)nnc1SCC(=O)Nc1ccccc1F. The minimum absolute atomic E-state index is 0.106. The lowest BCUT2D eigenvalue weighted by atomic mass is 10.1. The molecular weight excluding hydrogens is 363 g/mol. The Morgan fingerprint density at radius 2 is 1.89 bits per heavy atom.